The van der Waals surface area contributed by atoms with Crippen LogP contribution in [0.15, 0.2) is 42.5 Å². The fraction of sp³-hybridized carbons (Fsp3) is 0.375. The molecule has 2 aromatic carbocycles. The van der Waals surface area contributed by atoms with Gasteiger partial charge >= 0.3 is 0 Å². The van der Waals surface area contributed by atoms with Crippen LogP contribution in [0.4, 0.5) is 18.9 Å². The minimum absolute atomic E-state index is 0.227. The maximum Gasteiger partial charge on any atom is 0.266 e. The van der Waals surface area contributed by atoms with E-state index in [0.29, 0.717) is 5.92 Å². The van der Waals surface area contributed by atoms with Crippen LogP contribution in [0, 0.1) is 12.7 Å². The molecule has 1 saturated heterocycles. The lowest BCUT2D eigenvalue weighted by molar-refractivity contribution is 0.146. The van der Waals surface area contributed by atoms with E-state index >= 15 is 0 Å². The number of alkyl halides is 2. The Morgan fingerprint density at radius 1 is 1.07 bits per heavy atom. The van der Waals surface area contributed by atoms with Gasteiger partial charge in [0, 0.05) is 22.3 Å². The molecule has 1 atom stereocenters. The normalized spacial score (nSPS) is 16.2. The van der Waals surface area contributed by atoms with Crippen LogP contribution in [-0.4, -0.2) is 18.1 Å². The largest absolute Gasteiger partial charge is 0.378 e. The van der Waals surface area contributed by atoms with Crippen molar-refractivity contribution in [1.29, 1.82) is 0 Å². The van der Waals surface area contributed by atoms with Gasteiger partial charge in [0.2, 0.25) is 0 Å². The zero-order valence-electron chi connectivity index (χ0n) is 17.2. The number of nitrogens with one attached hydrogen (secondary N) is 2. The van der Waals surface area contributed by atoms with Crippen molar-refractivity contribution >= 4 is 16.6 Å². The van der Waals surface area contributed by atoms with Gasteiger partial charge in [-0.05, 0) is 69.5 Å². The third-order valence-electron chi connectivity index (χ3n) is 5.90. The van der Waals surface area contributed by atoms with E-state index in [1.54, 1.807) is 13.0 Å². The molecule has 0 spiro atoms. The van der Waals surface area contributed by atoms with Gasteiger partial charge < -0.3 is 10.6 Å². The van der Waals surface area contributed by atoms with E-state index in [1.165, 1.54) is 11.6 Å². The number of piperidine rings is 1. The monoisotopic (exact) mass is 413 g/mol. The molecule has 0 amide bonds. The molecule has 0 saturated carbocycles. The molecule has 1 aromatic heterocycles. The number of pyridine rings is 1. The van der Waals surface area contributed by atoms with Crippen molar-refractivity contribution in [3.8, 4) is 0 Å². The first-order chi connectivity index (χ1) is 14.4. The fourth-order valence-corrected chi connectivity index (χ4v) is 4.29. The van der Waals surface area contributed by atoms with Crippen molar-refractivity contribution in [3.63, 3.8) is 0 Å². The van der Waals surface area contributed by atoms with Crippen LogP contribution in [0.5, 0.6) is 0 Å². The summed E-state index contributed by atoms with van der Waals surface area (Å²) < 4.78 is 40.9. The summed E-state index contributed by atoms with van der Waals surface area (Å²) in [5, 5.41) is 7.70. The molecule has 30 heavy (non-hydrogen) atoms. The minimum Gasteiger partial charge on any atom is -0.378 e. The minimum atomic E-state index is -2.84. The maximum absolute atomic E-state index is 14.6. The van der Waals surface area contributed by atoms with E-state index in [2.05, 4.69) is 27.8 Å². The lowest BCUT2D eigenvalue weighted by Gasteiger charge is -2.24. The molecule has 3 aromatic rings. The van der Waals surface area contributed by atoms with Crippen molar-refractivity contribution in [2.75, 3.05) is 18.4 Å². The molecule has 6 heteroatoms. The lowest BCUT2D eigenvalue weighted by Crippen LogP contribution is -2.26. The van der Waals surface area contributed by atoms with Crippen LogP contribution in [0.25, 0.3) is 10.9 Å². The van der Waals surface area contributed by atoms with Gasteiger partial charge in [-0.15, -0.1) is 0 Å². The molecular formula is C24H26F3N3. The maximum atomic E-state index is 14.6. The third kappa shape index (κ3) is 4.15. The van der Waals surface area contributed by atoms with E-state index in [4.69, 9.17) is 0 Å². The topological polar surface area (TPSA) is 37.0 Å². The Balaban J connectivity index is 1.70. The van der Waals surface area contributed by atoms with E-state index in [1.807, 2.05) is 19.1 Å². The highest BCUT2D eigenvalue weighted by Crippen LogP contribution is 2.34. The number of hydrogen-bond donors (Lipinski definition) is 2. The number of aromatic nitrogens is 1. The average Bonchev–Trinajstić information content (AvgIpc) is 2.74. The predicted octanol–water partition coefficient (Wildman–Crippen LogP) is 6.26. The second kappa shape index (κ2) is 8.64. The smallest absolute Gasteiger partial charge is 0.266 e. The van der Waals surface area contributed by atoms with E-state index in [-0.39, 0.29) is 5.56 Å². The Kier molecular flexibility index (Phi) is 5.95. The van der Waals surface area contributed by atoms with Crippen LogP contribution >= 0.6 is 0 Å². The number of benzene rings is 2. The van der Waals surface area contributed by atoms with E-state index in [9.17, 15) is 13.2 Å². The molecule has 0 unspecified atom stereocenters. The van der Waals surface area contributed by atoms with Gasteiger partial charge in [0.1, 0.15) is 5.82 Å². The SMILES string of the molecule is Cc1cc(N[C@H](C)c2cccc(C(F)F)c2F)c2cc(C3CCNCC3)ccc2n1. The highest BCUT2D eigenvalue weighted by atomic mass is 19.3. The molecule has 3 nitrogen and oxygen atoms in total. The summed E-state index contributed by atoms with van der Waals surface area (Å²) in [5.74, 6) is -0.347. The summed E-state index contributed by atoms with van der Waals surface area (Å²) in [6, 6.07) is 12.0. The number of nitrogens with zero attached hydrogens (tertiary/aromatic N) is 1. The van der Waals surface area contributed by atoms with Gasteiger partial charge in [-0.1, -0.05) is 24.3 Å². The number of fused-ring (bicyclic) bond motifs is 1. The van der Waals surface area contributed by atoms with Crippen molar-refractivity contribution in [1.82, 2.24) is 10.3 Å². The second-order valence-electron chi connectivity index (χ2n) is 8.03. The summed E-state index contributed by atoms with van der Waals surface area (Å²) in [6.07, 6.45) is -0.653. The summed E-state index contributed by atoms with van der Waals surface area (Å²) in [4.78, 5) is 4.63. The average molecular weight is 413 g/mol. The molecule has 2 heterocycles. The molecular weight excluding hydrogens is 387 g/mol. The molecule has 1 aliphatic heterocycles. The summed E-state index contributed by atoms with van der Waals surface area (Å²) in [7, 11) is 0. The Morgan fingerprint density at radius 3 is 2.53 bits per heavy atom. The van der Waals surface area contributed by atoms with E-state index < -0.39 is 23.8 Å². The van der Waals surface area contributed by atoms with Crippen molar-refractivity contribution < 1.29 is 13.2 Å². The van der Waals surface area contributed by atoms with Crippen LogP contribution in [0.3, 0.4) is 0 Å². The van der Waals surface area contributed by atoms with Gasteiger partial charge in [-0.3, -0.25) is 4.98 Å². The van der Waals surface area contributed by atoms with Crippen molar-refractivity contribution in [2.24, 2.45) is 0 Å². The van der Waals surface area contributed by atoms with Crippen LogP contribution in [0.2, 0.25) is 0 Å². The highest BCUT2D eigenvalue weighted by molar-refractivity contribution is 5.92. The predicted molar refractivity (Wildman–Crippen MR) is 115 cm³/mol. The van der Waals surface area contributed by atoms with Gasteiger partial charge in [-0.25, -0.2) is 13.2 Å². The van der Waals surface area contributed by atoms with Crippen LogP contribution in [0.1, 0.15) is 60.5 Å². The molecule has 158 valence electrons. The Bertz CT molecular complexity index is 1050. The molecule has 4 rings (SSSR count). The third-order valence-corrected chi connectivity index (χ3v) is 5.90. The van der Waals surface area contributed by atoms with Gasteiger partial charge in [-0.2, -0.15) is 0 Å². The number of anilines is 1. The van der Waals surface area contributed by atoms with E-state index in [0.717, 1.165) is 54.3 Å². The molecule has 0 bridgehead atoms. The molecule has 1 aliphatic rings. The fourth-order valence-electron chi connectivity index (χ4n) is 4.29. The summed E-state index contributed by atoms with van der Waals surface area (Å²) in [5.41, 5.74) is 3.48. The zero-order valence-corrected chi connectivity index (χ0v) is 17.2. The zero-order chi connectivity index (χ0) is 21.3. The first kappa shape index (κ1) is 20.7. The van der Waals surface area contributed by atoms with Crippen molar-refractivity contribution in [3.05, 3.63) is 70.7 Å². The second-order valence-corrected chi connectivity index (χ2v) is 8.03. The van der Waals surface area contributed by atoms with Crippen LogP contribution < -0.4 is 10.6 Å². The number of hydrogen-bond acceptors (Lipinski definition) is 3. The summed E-state index contributed by atoms with van der Waals surface area (Å²) >= 11 is 0. The molecule has 0 radical (unpaired) electrons. The standard InChI is InChI=1S/C24H26F3N3/c1-14-12-22(30-15(2)18-4-3-5-19(23(18)25)24(26)27)20-13-17(6-7-21(20)29-14)16-8-10-28-11-9-16/h3-7,12-13,15-16,24,28H,8-11H2,1-2H3,(H,29,30)/t15-/m1/s1. The number of rotatable bonds is 5. The number of aryl methyl sites for hydroxylation is 1. The number of halogens is 3. The Hall–Kier alpha value is -2.60. The van der Waals surface area contributed by atoms with Gasteiger partial charge in [0.05, 0.1) is 17.1 Å². The molecule has 1 fully saturated rings. The first-order valence-electron chi connectivity index (χ1n) is 10.4. The van der Waals surface area contributed by atoms with Crippen molar-refractivity contribution in [2.45, 2.75) is 45.1 Å². The van der Waals surface area contributed by atoms with Gasteiger partial charge in [0.25, 0.3) is 6.43 Å². The van der Waals surface area contributed by atoms with Crippen LogP contribution in [-0.2, 0) is 0 Å². The highest BCUT2D eigenvalue weighted by Gasteiger charge is 2.21. The first-order valence-corrected chi connectivity index (χ1v) is 10.4. The molecule has 2 N–H and O–H groups in total. The Morgan fingerprint density at radius 2 is 1.80 bits per heavy atom. The lowest BCUT2D eigenvalue weighted by atomic mass is 9.89. The quantitative estimate of drug-likeness (QED) is 0.518. The van der Waals surface area contributed by atoms with Gasteiger partial charge in [0.15, 0.2) is 0 Å². The molecule has 0 aliphatic carbocycles. The summed E-state index contributed by atoms with van der Waals surface area (Å²) in [6.45, 7) is 5.72. The Labute approximate surface area is 174 Å².